The van der Waals surface area contributed by atoms with Gasteiger partial charge in [-0.15, -0.1) is 0 Å². The smallest absolute Gasteiger partial charge is 0.363 e. The third kappa shape index (κ3) is 3.91. The molecule has 1 aromatic rings. The lowest BCUT2D eigenvalue weighted by Crippen LogP contribution is -2.35. The van der Waals surface area contributed by atoms with E-state index in [9.17, 15) is 13.2 Å². The van der Waals surface area contributed by atoms with E-state index in [4.69, 9.17) is 5.73 Å². The molecule has 1 atom stereocenters. The Kier molecular flexibility index (Phi) is 5.02. The van der Waals surface area contributed by atoms with Crippen molar-refractivity contribution < 1.29 is 13.2 Å². The average molecular weight is 260 g/mol. The second-order valence-corrected chi connectivity index (χ2v) is 4.20. The van der Waals surface area contributed by atoms with Gasteiger partial charge in [0, 0.05) is 18.3 Å². The standard InChI is InChI=1S/C13H19F3N2/c1-3-11(17)10-7-5-6-8-12(10)18(4-2)9-13(14,15)16/h5-8,11H,3-4,9,17H2,1-2H3. The van der Waals surface area contributed by atoms with E-state index < -0.39 is 12.7 Å². The molecule has 0 amide bonds. The summed E-state index contributed by atoms with van der Waals surface area (Å²) in [6, 6.07) is 6.79. The number of nitrogens with zero attached hydrogens (tertiary/aromatic N) is 1. The molecule has 5 heteroatoms. The summed E-state index contributed by atoms with van der Waals surface area (Å²) < 4.78 is 37.6. The molecule has 0 aliphatic rings. The van der Waals surface area contributed by atoms with Crippen molar-refractivity contribution in [2.75, 3.05) is 18.0 Å². The Hall–Kier alpha value is -1.23. The van der Waals surface area contributed by atoms with Crippen molar-refractivity contribution in [3.05, 3.63) is 29.8 Å². The van der Waals surface area contributed by atoms with Gasteiger partial charge < -0.3 is 10.6 Å². The molecule has 1 unspecified atom stereocenters. The molecule has 18 heavy (non-hydrogen) atoms. The Labute approximate surface area is 106 Å². The first-order valence-electron chi connectivity index (χ1n) is 6.05. The van der Waals surface area contributed by atoms with E-state index in [-0.39, 0.29) is 6.04 Å². The summed E-state index contributed by atoms with van der Waals surface area (Å²) >= 11 is 0. The van der Waals surface area contributed by atoms with Gasteiger partial charge in [0.05, 0.1) is 0 Å². The van der Waals surface area contributed by atoms with Crippen molar-refractivity contribution in [1.82, 2.24) is 0 Å². The van der Waals surface area contributed by atoms with Crippen molar-refractivity contribution in [3.63, 3.8) is 0 Å². The van der Waals surface area contributed by atoms with Crippen LogP contribution in [0.3, 0.4) is 0 Å². The van der Waals surface area contributed by atoms with Crippen LogP contribution in [0.1, 0.15) is 31.9 Å². The average Bonchev–Trinajstić information content (AvgIpc) is 2.34. The van der Waals surface area contributed by atoms with Gasteiger partial charge in [-0.05, 0) is 25.0 Å². The van der Waals surface area contributed by atoms with Crippen molar-refractivity contribution in [1.29, 1.82) is 0 Å². The predicted molar refractivity (Wildman–Crippen MR) is 67.6 cm³/mol. The molecule has 0 aliphatic carbocycles. The van der Waals surface area contributed by atoms with Crippen LogP contribution in [0.5, 0.6) is 0 Å². The van der Waals surface area contributed by atoms with Gasteiger partial charge >= 0.3 is 6.18 Å². The lowest BCUT2D eigenvalue weighted by atomic mass is 10.0. The first-order valence-corrected chi connectivity index (χ1v) is 6.05. The van der Waals surface area contributed by atoms with E-state index in [1.165, 1.54) is 4.90 Å². The minimum atomic E-state index is -4.21. The number of alkyl halides is 3. The minimum absolute atomic E-state index is 0.233. The van der Waals surface area contributed by atoms with Crippen molar-refractivity contribution in [3.8, 4) is 0 Å². The zero-order chi connectivity index (χ0) is 13.8. The monoisotopic (exact) mass is 260 g/mol. The van der Waals surface area contributed by atoms with Crippen LogP contribution >= 0.6 is 0 Å². The molecule has 1 aromatic carbocycles. The van der Waals surface area contributed by atoms with Crippen LogP contribution in [0, 0.1) is 0 Å². The van der Waals surface area contributed by atoms with E-state index in [0.29, 0.717) is 18.7 Å². The second-order valence-electron chi connectivity index (χ2n) is 4.20. The van der Waals surface area contributed by atoms with Gasteiger partial charge in [-0.25, -0.2) is 0 Å². The zero-order valence-corrected chi connectivity index (χ0v) is 10.7. The normalized spacial score (nSPS) is 13.4. The van der Waals surface area contributed by atoms with Gasteiger partial charge in [0.25, 0.3) is 0 Å². The molecular formula is C13H19F3N2. The summed E-state index contributed by atoms with van der Waals surface area (Å²) in [6.07, 6.45) is -3.51. The predicted octanol–water partition coefficient (Wildman–Crippen LogP) is 3.49. The van der Waals surface area contributed by atoms with Crippen molar-refractivity contribution in [2.24, 2.45) is 5.73 Å². The maximum atomic E-state index is 12.5. The van der Waals surface area contributed by atoms with Crippen molar-refractivity contribution in [2.45, 2.75) is 32.5 Å². The highest BCUT2D eigenvalue weighted by atomic mass is 19.4. The Balaban J connectivity index is 3.05. The molecule has 0 aromatic heterocycles. The first-order chi connectivity index (χ1) is 8.39. The highest BCUT2D eigenvalue weighted by Crippen LogP contribution is 2.29. The van der Waals surface area contributed by atoms with Crippen LogP contribution in [0.25, 0.3) is 0 Å². The minimum Gasteiger partial charge on any atom is -0.363 e. The third-order valence-electron chi connectivity index (χ3n) is 2.87. The molecule has 0 heterocycles. The van der Waals surface area contributed by atoms with Gasteiger partial charge in [0.2, 0.25) is 0 Å². The number of nitrogens with two attached hydrogens (primary N) is 1. The molecule has 102 valence electrons. The number of anilines is 1. The van der Waals surface area contributed by atoms with Gasteiger partial charge in [-0.3, -0.25) is 0 Å². The molecule has 0 radical (unpaired) electrons. The van der Waals surface area contributed by atoms with Crippen LogP contribution in [0.15, 0.2) is 24.3 Å². The number of halogens is 3. The summed E-state index contributed by atoms with van der Waals surface area (Å²) in [4.78, 5) is 1.31. The Morgan fingerprint density at radius 3 is 2.33 bits per heavy atom. The molecule has 0 fully saturated rings. The first kappa shape index (κ1) is 14.8. The maximum absolute atomic E-state index is 12.5. The molecule has 0 saturated heterocycles. The van der Waals surface area contributed by atoms with E-state index in [1.54, 1.807) is 31.2 Å². The molecule has 0 aliphatic heterocycles. The fourth-order valence-electron chi connectivity index (χ4n) is 1.89. The second kappa shape index (κ2) is 6.09. The molecule has 0 spiro atoms. The van der Waals surface area contributed by atoms with Crippen LogP contribution < -0.4 is 10.6 Å². The Morgan fingerprint density at radius 2 is 1.83 bits per heavy atom. The summed E-state index contributed by atoms with van der Waals surface area (Å²) in [5.74, 6) is 0. The SMILES string of the molecule is CCC(N)c1ccccc1N(CC)CC(F)(F)F. The topological polar surface area (TPSA) is 29.3 Å². The number of rotatable bonds is 5. The molecule has 0 bridgehead atoms. The molecule has 0 saturated carbocycles. The summed E-state index contributed by atoms with van der Waals surface area (Å²) in [7, 11) is 0. The highest BCUT2D eigenvalue weighted by molar-refractivity contribution is 5.55. The van der Waals surface area contributed by atoms with Crippen molar-refractivity contribution >= 4 is 5.69 Å². The molecule has 2 N–H and O–H groups in total. The largest absolute Gasteiger partial charge is 0.405 e. The summed E-state index contributed by atoms with van der Waals surface area (Å²) in [5.41, 5.74) is 7.29. The lowest BCUT2D eigenvalue weighted by molar-refractivity contribution is -0.119. The summed E-state index contributed by atoms with van der Waals surface area (Å²) in [6.45, 7) is 2.98. The molecule has 1 rings (SSSR count). The van der Waals surface area contributed by atoms with Gasteiger partial charge in [-0.2, -0.15) is 13.2 Å². The van der Waals surface area contributed by atoms with Crippen LogP contribution in [-0.2, 0) is 0 Å². The van der Waals surface area contributed by atoms with E-state index >= 15 is 0 Å². The van der Waals surface area contributed by atoms with Gasteiger partial charge in [-0.1, -0.05) is 25.1 Å². The third-order valence-corrected chi connectivity index (χ3v) is 2.87. The lowest BCUT2D eigenvalue weighted by Gasteiger charge is -2.28. The molecule has 2 nitrogen and oxygen atoms in total. The Morgan fingerprint density at radius 1 is 1.22 bits per heavy atom. The maximum Gasteiger partial charge on any atom is 0.405 e. The fourth-order valence-corrected chi connectivity index (χ4v) is 1.89. The van der Waals surface area contributed by atoms with E-state index in [2.05, 4.69) is 0 Å². The van der Waals surface area contributed by atoms with E-state index in [1.807, 2.05) is 6.92 Å². The van der Waals surface area contributed by atoms with Crippen LogP contribution in [0.4, 0.5) is 18.9 Å². The zero-order valence-electron chi connectivity index (χ0n) is 10.7. The van der Waals surface area contributed by atoms with Crippen LogP contribution in [-0.4, -0.2) is 19.3 Å². The fraction of sp³-hybridized carbons (Fsp3) is 0.538. The van der Waals surface area contributed by atoms with Gasteiger partial charge in [0.15, 0.2) is 0 Å². The van der Waals surface area contributed by atoms with Gasteiger partial charge in [0.1, 0.15) is 6.54 Å². The summed E-state index contributed by atoms with van der Waals surface area (Å²) in [5, 5.41) is 0. The van der Waals surface area contributed by atoms with E-state index in [0.717, 1.165) is 5.56 Å². The number of benzene rings is 1. The number of hydrogen-bond acceptors (Lipinski definition) is 2. The number of para-hydroxylation sites is 1. The molecular weight excluding hydrogens is 241 g/mol. The number of hydrogen-bond donors (Lipinski definition) is 1. The van der Waals surface area contributed by atoms with Crippen LogP contribution in [0.2, 0.25) is 0 Å². The highest BCUT2D eigenvalue weighted by Gasteiger charge is 2.31. The Bertz CT molecular complexity index is 377. The quantitative estimate of drug-likeness (QED) is 0.878.